The van der Waals surface area contributed by atoms with Crippen molar-refractivity contribution in [1.82, 2.24) is 0 Å². The van der Waals surface area contributed by atoms with Gasteiger partial charge in [-0.15, -0.1) is 0 Å². The van der Waals surface area contributed by atoms with Crippen molar-refractivity contribution in [2.24, 2.45) is 11.8 Å². The van der Waals surface area contributed by atoms with Gasteiger partial charge in [0.25, 0.3) is 0 Å². The van der Waals surface area contributed by atoms with Crippen LogP contribution in [0, 0.1) is 11.8 Å². The number of esters is 3. The van der Waals surface area contributed by atoms with E-state index in [0.29, 0.717) is 19.3 Å². The van der Waals surface area contributed by atoms with E-state index >= 15 is 0 Å². The van der Waals surface area contributed by atoms with Crippen molar-refractivity contribution in [2.75, 3.05) is 13.2 Å². The highest BCUT2D eigenvalue weighted by molar-refractivity contribution is 5.71. The van der Waals surface area contributed by atoms with Gasteiger partial charge in [0.05, 0.1) is 0 Å². The summed E-state index contributed by atoms with van der Waals surface area (Å²) in [6.45, 7) is 11.4. The van der Waals surface area contributed by atoms with Crippen LogP contribution in [0.3, 0.4) is 0 Å². The van der Waals surface area contributed by atoms with Crippen LogP contribution in [0.1, 0.15) is 324 Å². The summed E-state index contributed by atoms with van der Waals surface area (Å²) in [6, 6.07) is 0. The molecule has 0 bridgehead atoms. The summed E-state index contributed by atoms with van der Waals surface area (Å²) in [6.07, 6.45) is 53.8. The molecule has 0 aliphatic heterocycles. The molecule has 0 saturated carbocycles. The van der Waals surface area contributed by atoms with Gasteiger partial charge in [0.15, 0.2) is 6.10 Å². The highest BCUT2D eigenvalue weighted by Crippen LogP contribution is 2.19. The minimum absolute atomic E-state index is 0.0631. The first-order valence-electron chi connectivity index (χ1n) is 28.8. The third-order valence-corrected chi connectivity index (χ3v) is 13.6. The Morgan fingerprint density at radius 2 is 0.594 bits per heavy atom. The van der Waals surface area contributed by atoms with Crippen molar-refractivity contribution in [1.29, 1.82) is 0 Å². The van der Waals surface area contributed by atoms with Crippen LogP contribution in [0.25, 0.3) is 0 Å². The standard InChI is InChI=1S/C58H112O6/c1-6-8-9-10-11-12-28-33-38-43-48-56(59)62-51-55(52-63-57(60)49-44-39-34-29-25-21-22-26-31-36-41-46-53(3)4)64-58(61)50-45-40-35-30-24-20-18-16-14-13-15-17-19-23-27-32-37-42-47-54(5)7-2/h53-55H,6-52H2,1-5H3/t54?,55-/m1/s1. The molecule has 0 aliphatic carbocycles. The Bertz CT molecular complexity index is 980. The Labute approximate surface area is 399 Å². The molecule has 0 N–H and O–H groups in total. The zero-order chi connectivity index (χ0) is 46.8. The predicted molar refractivity (Wildman–Crippen MR) is 275 cm³/mol. The molecule has 6 nitrogen and oxygen atoms in total. The summed E-state index contributed by atoms with van der Waals surface area (Å²) in [5, 5.41) is 0. The van der Waals surface area contributed by atoms with Crippen LogP contribution in [-0.2, 0) is 28.6 Å². The molecular formula is C58H112O6. The molecule has 0 saturated heterocycles. The Kier molecular flexibility index (Phi) is 49.6. The van der Waals surface area contributed by atoms with Crippen LogP contribution in [0.4, 0.5) is 0 Å². The number of carbonyl (C=O) groups excluding carboxylic acids is 3. The first kappa shape index (κ1) is 62.4. The van der Waals surface area contributed by atoms with E-state index in [2.05, 4.69) is 34.6 Å². The molecule has 0 heterocycles. The lowest BCUT2D eigenvalue weighted by Crippen LogP contribution is -2.30. The van der Waals surface area contributed by atoms with Crippen molar-refractivity contribution in [3.05, 3.63) is 0 Å². The number of rotatable bonds is 52. The third kappa shape index (κ3) is 49.8. The number of hydrogen-bond acceptors (Lipinski definition) is 6. The first-order chi connectivity index (χ1) is 31.3. The van der Waals surface area contributed by atoms with Gasteiger partial charge in [0.2, 0.25) is 0 Å². The second-order valence-electron chi connectivity index (χ2n) is 20.6. The van der Waals surface area contributed by atoms with Crippen molar-refractivity contribution in [2.45, 2.75) is 330 Å². The monoisotopic (exact) mass is 905 g/mol. The van der Waals surface area contributed by atoms with Gasteiger partial charge in [0.1, 0.15) is 13.2 Å². The molecule has 0 aromatic rings. The van der Waals surface area contributed by atoms with Crippen LogP contribution < -0.4 is 0 Å². The van der Waals surface area contributed by atoms with Crippen molar-refractivity contribution < 1.29 is 28.6 Å². The van der Waals surface area contributed by atoms with Gasteiger partial charge in [-0.1, -0.05) is 285 Å². The van der Waals surface area contributed by atoms with Gasteiger partial charge in [-0.2, -0.15) is 0 Å². The number of carbonyl (C=O) groups is 3. The van der Waals surface area contributed by atoms with Crippen molar-refractivity contribution in [3.8, 4) is 0 Å². The average Bonchev–Trinajstić information content (AvgIpc) is 3.28. The normalized spacial score (nSPS) is 12.5. The second kappa shape index (κ2) is 50.8. The van der Waals surface area contributed by atoms with Crippen LogP contribution in [-0.4, -0.2) is 37.2 Å². The zero-order valence-corrected chi connectivity index (χ0v) is 43.9. The maximum Gasteiger partial charge on any atom is 0.306 e. The number of ether oxygens (including phenoxy) is 3. The molecule has 380 valence electrons. The van der Waals surface area contributed by atoms with Crippen LogP contribution in [0.2, 0.25) is 0 Å². The van der Waals surface area contributed by atoms with E-state index in [9.17, 15) is 14.4 Å². The molecule has 64 heavy (non-hydrogen) atoms. The summed E-state index contributed by atoms with van der Waals surface area (Å²) in [4.78, 5) is 38.0. The van der Waals surface area contributed by atoms with E-state index < -0.39 is 6.10 Å². The van der Waals surface area contributed by atoms with E-state index in [4.69, 9.17) is 14.2 Å². The van der Waals surface area contributed by atoms with Crippen LogP contribution in [0.15, 0.2) is 0 Å². The topological polar surface area (TPSA) is 78.9 Å². The smallest absolute Gasteiger partial charge is 0.306 e. The fourth-order valence-electron chi connectivity index (χ4n) is 8.84. The molecule has 2 atom stereocenters. The van der Waals surface area contributed by atoms with E-state index in [1.807, 2.05) is 0 Å². The number of unbranched alkanes of at least 4 members (excludes halogenated alkanes) is 36. The summed E-state index contributed by atoms with van der Waals surface area (Å²) in [5.41, 5.74) is 0. The average molecular weight is 906 g/mol. The Morgan fingerprint density at radius 3 is 0.891 bits per heavy atom. The predicted octanol–water partition coefficient (Wildman–Crippen LogP) is 18.9. The summed E-state index contributed by atoms with van der Waals surface area (Å²) in [7, 11) is 0. The molecule has 1 unspecified atom stereocenters. The molecular weight excluding hydrogens is 793 g/mol. The Hall–Kier alpha value is -1.59. The summed E-state index contributed by atoms with van der Waals surface area (Å²) >= 11 is 0. The van der Waals surface area contributed by atoms with Crippen molar-refractivity contribution >= 4 is 17.9 Å². The fraction of sp³-hybridized carbons (Fsp3) is 0.948. The molecule has 0 aliphatic rings. The van der Waals surface area contributed by atoms with Crippen molar-refractivity contribution in [3.63, 3.8) is 0 Å². The second-order valence-corrected chi connectivity index (χ2v) is 20.6. The highest BCUT2D eigenvalue weighted by atomic mass is 16.6. The summed E-state index contributed by atoms with van der Waals surface area (Å²) < 4.78 is 16.8. The van der Waals surface area contributed by atoms with Gasteiger partial charge in [0, 0.05) is 19.3 Å². The molecule has 0 amide bonds. The summed E-state index contributed by atoms with van der Waals surface area (Å²) in [5.74, 6) is 0.893. The fourth-order valence-corrected chi connectivity index (χ4v) is 8.84. The van der Waals surface area contributed by atoms with Gasteiger partial charge < -0.3 is 14.2 Å². The molecule has 0 rings (SSSR count). The number of hydrogen-bond donors (Lipinski definition) is 0. The van der Waals surface area contributed by atoms with Crippen LogP contribution in [0.5, 0.6) is 0 Å². The minimum Gasteiger partial charge on any atom is -0.462 e. The van der Waals surface area contributed by atoms with Gasteiger partial charge >= 0.3 is 17.9 Å². The van der Waals surface area contributed by atoms with Gasteiger partial charge in [-0.05, 0) is 31.1 Å². The van der Waals surface area contributed by atoms with Gasteiger partial charge in [-0.25, -0.2) is 0 Å². The molecule has 0 spiro atoms. The van der Waals surface area contributed by atoms with E-state index in [-0.39, 0.29) is 31.1 Å². The van der Waals surface area contributed by atoms with Gasteiger partial charge in [-0.3, -0.25) is 14.4 Å². The Balaban J connectivity index is 4.21. The van der Waals surface area contributed by atoms with E-state index in [0.717, 1.165) is 69.6 Å². The molecule has 6 heteroatoms. The lowest BCUT2D eigenvalue weighted by Gasteiger charge is -2.18. The zero-order valence-electron chi connectivity index (χ0n) is 43.9. The SMILES string of the molecule is CCCCCCCCCCCCC(=O)OC[C@H](COC(=O)CCCCCCCCCCCCCC(C)C)OC(=O)CCCCCCCCCCCCCCCCCCCCC(C)CC. The molecule has 0 fully saturated rings. The third-order valence-electron chi connectivity index (χ3n) is 13.6. The molecule has 0 aromatic carbocycles. The lowest BCUT2D eigenvalue weighted by molar-refractivity contribution is -0.167. The maximum atomic E-state index is 12.8. The Morgan fingerprint density at radius 1 is 0.328 bits per heavy atom. The first-order valence-corrected chi connectivity index (χ1v) is 28.8. The quantitative estimate of drug-likeness (QED) is 0.0344. The maximum absolute atomic E-state index is 12.8. The molecule has 0 radical (unpaired) electrons. The van der Waals surface area contributed by atoms with E-state index in [1.165, 1.54) is 212 Å². The van der Waals surface area contributed by atoms with E-state index in [1.54, 1.807) is 0 Å². The van der Waals surface area contributed by atoms with Crippen LogP contribution >= 0.6 is 0 Å². The highest BCUT2D eigenvalue weighted by Gasteiger charge is 2.19. The lowest BCUT2D eigenvalue weighted by atomic mass is 9.99. The largest absolute Gasteiger partial charge is 0.462 e. The minimum atomic E-state index is -0.762. The molecule has 0 aromatic heterocycles.